The predicted molar refractivity (Wildman–Crippen MR) is 98.5 cm³/mol. The number of anilines is 1. The predicted octanol–water partition coefficient (Wildman–Crippen LogP) is 4.21. The summed E-state index contributed by atoms with van der Waals surface area (Å²) < 4.78 is 13.3. The summed E-state index contributed by atoms with van der Waals surface area (Å²) in [6.45, 7) is 6.28. The van der Waals surface area contributed by atoms with Gasteiger partial charge in [0.05, 0.1) is 23.2 Å². The minimum absolute atomic E-state index is 0.304. The number of amides is 1. The van der Waals surface area contributed by atoms with Gasteiger partial charge in [0.1, 0.15) is 11.4 Å². The van der Waals surface area contributed by atoms with Crippen LogP contribution in [-0.4, -0.2) is 36.2 Å². The number of nitrogens with zero attached hydrogens (tertiary/aromatic N) is 2. The number of ether oxygens (including phenoxy) is 2. The van der Waals surface area contributed by atoms with Gasteiger partial charge in [-0.1, -0.05) is 0 Å². The van der Waals surface area contributed by atoms with Gasteiger partial charge in [0, 0.05) is 31.2 Å². The van der Waals surface area contributed by atoms with E-state index in [1.807, 2.05) is 40.1 Å². The highest BCUT2D eigenvalue weighted by Gasteiger charge is 2.32. The molecule has 1 amide bonds. The fourth-order valence-electron chi connectivity index (χ4n) is 3.22. The third-order valence-corrected chi connectivity index (χ3v) is 4.97. The van der Waals surface area contributed by atoms with Gasteiger partial charge in [-0.2, -0.15) is 0 Å². The van der Waals surface area contributed by atoms with Crippen LogP contribution in [0.1, 0.15) is 26.3 Å². The topological polar surface area (TPSA) is 43.7 Å². The van der Waals surface area contributed by atoms with Crippen molar-refractivity contribution in [2.24, 2.45) is 7.05 Å². The highest BCUT2D eigenvalue weighted by atomic mass is 32.2. The second kappa shape index (κ2) is 5.92. The third-order valence-electron chi connectivity index (χ3n) is 4.16. The quantitative estimate of drug-likeness (QED) is 0.763. The molecule has 1 aliphatic rings. The van der Waals surface area contributed by atoms with E-state index < -0.39 is 5.60 Å². The minimum atomic E-state index is -0.522. The van der Waals surface area contributed by atoms with Crippen molar-refractivity contribution in [3.63, 3.8) is 0 Å². The van der Waals surface area contributed by atoms with Crippen molar-refractivity contribution >= 4 is 34.4 Å². The van der Waals surface area contributed by atoms with E-state index in [2.05, 4.69) is 10.8 Å². The zero-order valence-electron chi connectivity index (χ0n) is 15.1. The number of hydrogen-bond donors (Lipinski definition) is 0. The fraction of sp³-hybridized carbons (Fsp3) is 0.500. The highest BCUT2D eigenvalue weighted by molar-refractivity contribution is 7.98. The molecule has 0 saturated heterocycles. The van der Waals surface area contributed by atoms with Crippen molar-refractivity contribution < 1.29 is 14.3 Å². The Morgan fingerprint density at radius 1 is 1.33 bits per heavy atom. The Morgan fingerprint density at radius 3 is 2.62 bits per heavy atom. The number of carbonyl (C=O) groups is 1. The van der Waals surface area contributed by atoms with E-state index in [9.17, 15) is 4.79 Å². The van der Waals surface area contributed by atoms with Gasteiger partial charge in [-0.05, 0) is 39.0 Å². The molecule has 1 aromatic carbocycles. The molecular formula is C18H24N2O3S. The van der Waals surface area contributed by atoms with Crippen molar-refractivity contribution in [1.82, 2.24) is 4.57 Å². The monoisotopic (exact) mass is 348 g/mol. The number of benzene rings is 1. The molecule has 0 atom stereocenters. The molecule has 1 aromatic heterocycles. The first-order valence-electron chi connectivity index (χ1n) is 8.00. The van der Waals surface area contributed by atoms with Gasteiger partial charge < -0.3 is 14.0 Å². The van der Waals surface area contributed by atoms with Gasteiger partial charge in [-0.3, -0.25) is 4.90 Å². The van der Waals surface area contributed by atoms with Gasteiger partial charge in [0.25, 0.3) is 0 Å². The molecular weight excluding hydrogens is 324 g/mol. The van der Waals surface area contributed by atoms with Gasteiger partial charge in [0.15, 0.2) is 0 Å². The van der Waals surface area contributed by atoms with Crippen LogP contribution in [0.4, 0.5) is 10.5 Å². The lowest BCUT2D eigenvalue weighted by Gasteiger charge is -2.32. The molecule has 0 bridgehead atoms. The first-order chi connectivity index (χ1) is 11.3. The molecule has 0 unspecified atom stereocenters. The Balaban J connectivity index is 2.23. The molecule has 0 spiro atoms. The van der Waals surface area contributed by atoms with Crippen LogP contribution in [0.3, 0.4) is 0 Å². The number of carbonyl (C=O) groups excluding carboxylic acids is 1. The molecule has 2 heterocycles. The highest BCUT2D eigenvalue weighted by Crippen LogP contribution is 2.47. The van der Waals surface area contributed by atoms with Crippen molar-refractivity contribution in [3.8, 4) is 5.75 Å². The lowest BCUT2D eigenvalue weighted by molar-refractivity contribution is 0.0579. The normalized spacial score (nSPS) is 14.2. The number of hydrogen-bond acceptors (Lipinski definition) is 4. The first-order valence-corrected chi connectivity index (χ1v) is 9.22. The zero-order chi connectivity index (χ0) is 17.6. The van der Waals surface area contributed by atoms with Crippen LogP contribution in [0.25, 0.3) is 10.9 Å². The van der Waals surface area contributed by atoms with Crippen molar-refractivity contribution in [2.45, 2.75) is 37.7 Å². The van der Waals surface area contributed by atoms with Gasteiger partial charge in [0.2, 0.25) is 0 Å². The van der Waals surface area contributed by atoms with Crippen molar-refractivity contribution in [1.29, 1.82) is 0 Å². The molecule has 1 aliphatic heterocycles. The Bertz CT molecular complexity index is 805. The zero-order valence-corrected chi connectivity index (χ0v) is 15.9. The summed E-state index contributed by atoms with van der Waals surface area (Å²) in [4.78, 5) is 15.5. The van der Waals surface area contributed by atoms with Crippen LogP contribution in [0, 0.1) is 0 Å². The molecule has 2 aromatic rings. The number of thioether (sulfide) groups is 1. The smallest absolute Gasteiger partial charge is 0.414 e. The fourth-order valence-corrected chi connectivity index (χ4v) is 3.96. The average molecular weight is 348 g/mol. The van der Waals surface area contributed by atoms with Crippen LogP contribution >= 0.6 is 11.8 Å². The molecule has 0 radical (unpaired) electrons. The standard InChI is InChI=1S/C18H24N2O3S/c1-18(2,3)23-17(21)20-8-7-11-10-19(4)12-9-13(22-5)16(24-6)15(20)14(11)12/h9-10H,7-8H2,1-6H3. The first kappa shape index (κ1) is 17.0. The van der Waals surface area contributed by atoms with Crippen LogP contribution in [0.15, 0.2) is 17.2 Å². The summed E-state index contributed by atoms with van der Waals surface area (Å²) in [6.07, 6.45) is 4.67. The van der Waals surface area contributed by atoms with Crippen LogP contribution in [0.2, 0.25) is 0 Å². The summed E-state index contributed by atoms with van der Waals surface area (Å²) in [5, 5.41) is 1.12. The summed E-state index contributed by atoms with van der Waals surface area (Å²) >= 11 is 1.59. The summed E-state index contributed by atoms with van der Waals surface area (Å²) in [5.74, 6) is 0.785. The molecule has 24 heavy (non-hydrogen) atoms. The van der Waals surface area contributed by atoms with Crippen LogP contribution in [-0.2, 0) is 18.2 Å². The van der Waals surface area contributed by atoms with E-state index in [4.69, 9.17) is 9.47 Å². The Labute approximate surface area is 146 Å². The second-order valence-electron chi connectivity index (χ2n) is 7.00. The molecule has 0 saturated carbocycles. The lowest BCUT2D eigenvalue weighted by atomic mass is 10.0. The number of aryl methyl sites for hydroxylation is 1. The van der Waals surface area contributed by atoms with Gasteiger partial charge >= 0.3 is 6.09 Å². The molecule has 0 N–H and O–H groups in total. The molecule has 6 heteroatoms. The Morgan fingerprint density at radius 2 is 2.04 bits per heavy atom. The summed E-state index contributed by atoms with van der Waals surface area (Å²) in [7, 11) is 3.69. The van der Waals surface area contributed by atoms with Crippen molar-refractivity contribution in [2.75, 3.05) is 24.8 Å². The molecule has 5 nitrogen and oxygen atoms in total. The molecule has 3 rings (SSSR count). The summed E-state index contributed by atoms with van der Waals surface area (Å²) in [6, 6.07) is 2.05. The SMILES string of the molecule is COc1cc2c3c(cn2C)CCN(C(=O)OC(C)(C)C)c3c1SC. The maximum atomic E-state index is 12.8. The van der Waals surface area contributed by atoms with E-state index in [-0.39, 0.29) is 6.09 Å². The summed E-state index contributed by atoms with van der Waals surface area (Å²) in [5.41, 5.74) is 2.72. The van der Waals surface area contributed by atoms with E-state index in [1.165, 1.54) is 5.56 Å². The van der Waals surface area contributed by atoms with Crippen LogP contribution < -0.4 is 9.64 Å². The average Bonchev–Trinajstić information content (AvgIpc) is 2.82. The van der Waals surface area contributed by atoms with Gasteiger partial charge in [-0.15, -0.1) is 11.8 Å². The van der Waals surface area contributed by atoms with E-state index in [1.54, 1.807) is 23.8 Å². The third kappa shape index (κ3) is 2.73. The maximum absolute atomic E-state index is 12.8. The number of aromatic nitrogens is 1. The molecule has 130 valence electrons. The van der Waals surface area contributed by atoms with Crippen molar-refractivity contribution in [3.05, 3.63) is 17.8 Å². The Kier molecular flexibility index (Phi) is 4.20. The van der Waals surface area contributed by atoms with E-state index >= 15 is 0 Å². The maximum Gasteiger partial charge on any atom is 0.414 e. The number of methoxy groups -OCH3 is 1. The lowest BCUT2D eigenvalue weighted by Crippen LogP contribution is -2.39. The molecule has 0 aliphatic carbocycles. The van der Waals surface area contributed by atoms with E-state index in [0.29, 0.717) is 6.54 Å². The van der Waals surface area contributed by atoms with E-state index in [0.717, 1.165) is 33.7 Å². The largest absolute Gasteiger partial charge is 0.495 e. The Hall–Kier alpha value is -1.82. The van der Waals surface area contributed by atoms with Gasteiger partial charge in [-0.25, -0.2) is 4.79 Å². The van der Waals surface area contributed by atoms with Crippen LogP contribution in [0.5, 0.6) is 5.75 Å². The second-order valence-corrected chi connectivity index (χ2v) is 7.82. The minimum Gasteiger partial charge on any atom is -0.495 e. The number of rotatable bonds is 2. The molecule has 0 fully saturated rings.